The summed E-state index contributed by atoms with van der Waals surface area (Å²) in [6, 6.07) is 0. The van der Waals surface area contributed by atoms with Crippen LogP contribution >= 0.6 is 0 Å². The molecule has 0 heterocycles. The molecular weight excluding hydrogens is 161 g/mol. The molecule has 0 radical (unpaired) electrons. The van der Waals surface area contributed by atoms with E-state index in [9.17, 15) is 0 Å². The highest BCUT2D eigenvalue weighted by molar-refractivity contribution is 6.45. The Hall–Kier alpha value is -0.0151. The van der Waals surface area contributed by atoms with Crippen LogP contribution in [0, 0.1) is 11.3 Å². The van der Waals surface area contributed by atoms with E-state index in [4.69, 9.17) is 5.02 Å². The summed E-state index contributed by atoms with van der Waals surface area (Å²) >= 11 is 0. The van der Waals surface area contributed by atoms with E-state index in [0.717, 1.165) is 17.9 Å². The third-order valence-electron chi connectivity index (χ3n) is 3.82. The van der Waals surface area contributed by atoms with Crippen molar-refractivity contribution in [2.75, 3.05) is 6.54 Å². The van der Waals surface area contributed by atoms with E-state index in [1.807, 2.05) is 0 Å². The normalized spacial score (nSPS) is 26.3. The molecule has 0 amide bonds. The summed E-state index contributed by atoms with van der Waals surface area (Å²) in [5.41, 5.74) is 0.807. The molecule has 74 valence electrons. The monoisotopic (exact) mass is 181 g/mol. The second-order valence-corrected chi connectivity index (χ2v) is 5.03. The maximum absolute atomic E-state index is 9.09. The first-order valence-electron chi connectivity index (χ1n) is 5.62. The van der Waals surface area contributed by atoms with Crippen LogP contribution in [-0.2, 0) is 0 Å². The van der Waals surface area contributed by atoms with Crippen LogP contribution in [0.25, 0.3) is 0 Å². The van der Waals surface area contributed by atoms with Crippen molar-refractivity contribution < 1.29 is 5.02 Å². The molecule has 2 aliphatic carbocycles. The average molecular weight is 181 g/mol. The van der Waals surface area contributed by atoms with E-state index in [0.29, 0.717) is 0 Å². The molecular formula is C10H20BNO. The van der Waals surface area contributed by atoms with Gasteiger partial charge < -0.3 is 10.3 Å². The van der Waals surface area contributed by atoms with E-state index in [2.05, 4.69) is 5.23 Å². The first-order chi connectivity index (χ1) is 6.20. The van der Waals surface area contributed by atoms with E-state index >= 15 is 0 Å². The maximum atomic E-state index is 9.09. The zero-order chi connectivity index (χ0) is 9.31. The molecule has 2 saturated carbocycles. The molecule has 1 spiro atoms. The van der Waals surface area contributed by atoms with Gasteiger partial charge in [0.2, 0.25) is 0 Å². The van der Waals surface area contributed by atoms with E-state index in [1.165, 1.54) is 38.5 Å². The highest BCUT2D eigenvalue weighted by Gasteiger charge is 2.44. The van der Waals surface area contributed by atoms with Gasteiger partial charge in [0, 0.05) is 0 Å². The van der Waals surface area contributed by atoms with E-state index < -0.39 is 0 Å². The van der Waals surface area contributed by atoms with Crippen molar-refractivity contribution in [1.29, 1.82) is 0 Å². The zero-order valence-electron chi connectivity index (χ0n) is 8.55. The minimum absolute atomic E-state index is 0.336. The lowest BCUT2D eigenvalue weighted by Crippen LogP contribution is -2.36. The van der Waals surface area contributed by atoms with Crippen LogP contribution in [0.1, 0.15) is 38.5 Å². The van der Waals surface area contributed by atoms with Gasteiger partial charge in [0.1, 0.15) is 0 Å². The first kappa shape index (κ1) is 9.54. The van der Waals surface area contributed by atoms with Crippen LogP contribution < -0.4 is 5.23 Å². The fourth-order valence-corrected chi connectivity index (χ4v) is 2.51. The van der Waals surface area contributed by atoms with Gasteiger partial charge in [-0.3, -0.25) is 0 Å². The summed E-state index contributed by atoms with van der Waals surface area (Å²) in [6.45, 7) is 2.80. The molecule has 2 N–H and O–H groups in total. The van der Waals surface area contributed by atoms with Crippen molar-refractivity contribution in [2.24, 2.45) is 11.3 Å². The van der Waals surface area contributed by atoms with E-state index in [1.54, 1.807) is 6.82 Å². The van der Waals surface area contributed by atoms with Crippen molar-refractivity contribution in [3.05, 3.63) is 0 Å². The molecule has 2 nitrogen and oxygen atoms in total. The molecule has 3 heteroatoms. The van der Waals surface area contributed by atoms with Crippen molar-refractivity contribution in [2.45, 2.75) is 45.3 Å². The minimum Gasteiger partial charge on any atom is -0.437 e. The third-order valence-corrected chi connectivity index (χ3v) is 3.82. The molecule has 0 aromatic rings. The van der Waals surface area contributed by atoms with Crippen LogP contribution in [0.4, 0.5) is 0 Å². The van der Waals surface area contributed by atoms with E-state index in [-0.39, 0.29) is 7.05 Å². The van der Waals surface area contributed by atoms with Gasteiger partial charge in [0.25, 0.3) is 0 Å². The molecule has 0 aromatic carbocycles. The number of hydrogen-bond acceptors (Lipinski definition) is 2. The number of nitrogens with one attached hydrogen (secondary N) is 1. The quantitative estimate of drug-likeness (QED) is 0.649. The third kappa shape index (κ3) is 2.47. The van der Waals surface area contributed by atoms with Gasteiger partial charge in [-0.15, -0.1) is 0 Å². The fourth-order valence-electron chi connectivity index (χ4n) is 2.51. The summed E-state index contributed by atoms with van der Waals surface area (Å²) in [5.74, 6) is 0.820. The maximum Gasteiger partial charge on any atom is 0.373 e. The number of hydrogen-bond donors (Lipinski definition) is 2. The van der Waals surface area contributed by atoms with Crippen LogP contribution in [0.3, 0.4) is 0 Å². The van der Waals surface area contributed by atoms with Gasteiger partial charge in [0.05, 0.1) is 0 Å². The summed E-state index contributed by atoms with van der Waals surface area (Å²) in [7, 11) is -0.336. The van der Waals surface area contributed by atoms with Gasteiger partial charge in [-0.05, 0) is 63.2 Å². The van der Waals surface area contributed by atoms with Crippen LogP contribution in [0.2, 0.25) is 6.82 Å². The van der Waals surface area contributed by atoms with Crippen LogP contribution in [0.5, 0.6) is 0 Å². The Bertz CT molecular complexity index is 167. The van der Waals surface area contributed by atoms with Crippen molar-refractivity contribution >= 4 is 7.05 Å². The highest BCUT2D eigenvalue weighted by atomic mass is 16.2. The smallest absolute Gasteiger partial charge is 0.373 e. The first-order valence-corrected chi connectivity index (χ1v) is 5.62. The summed E-state index contributed by atoms with van der Waals surface area (Å²) in [4.78, 5) is 0. The Morgan fingerprint density at radius 1 is 1.31 bits per heavy atom. The highest BCUT2D eigenvalue weighted by Crippen LogP contribution is 2.56. The van der Waals surface area contributed by atoms with Crippen LogP contribution in [-0.4, -0.2) is 18.6 Å². The lowest BCUT2D eigenvalue weighted by molar-refractivity contribution is 0.256. The standard InChI is InChI=1S/C10H20BNO/c1-11(13)12-8-9-2-4-10(5-3-9)6-7-10/h9,12-13H,2-8H2,1H3. The summed E-state index contributed by atoms with van der Waals surface area (Å²) in [6.07, 6.45) is 8.62. The Labute approximate surface area is 81.2 Å². The fraction of sp³-hybridized carbons (Fsp3) is 1.00. The Balaban J connectivity index is 1.66. The zero-order valence-corrected chi connectivity index (χ0v) is 8.55. The lowest BCUT2D eigenvalue weighted by Gasteiger charge is -2.28. The Kier molecular flexibility index (Phi) is 2.66. The van der Waals surface area contributed by atoms with Crippen molar-refractivity contribution in [3.63, 3.8) is 0 Å². The molecule has 2 aliphatic rings. The molecule has 13 heavy (non-hydrogen) atoms. The SMILES string of the molecule is CB(O)NCC1CCC2(CC1)CC2. The van der Waals surface area contributed by atoms with Gasteiger partial charge >= 0.3 is 7.05 Å². The largest absolute Gasteiger partial charge is 0.437 e. The lowest BCUT2D eigenvalue weighted by atomic mass is 9.78. The molecule has 0 atom stereocenters. The van der Waals surface area contributed by atoms with Crippen molar-refractivity contribution in [3.8, 4) is 0 Å². The number of rotatable bonds is 3. The second kappa shape index (κ2) is 3.62. The molecule has 0 aromatic heterocycles. The van der Waals surface area contributed by atoms with Crippen LogP contribution in [0.15, 0.2) is 0 Å². The summed E-state index contributed by atoms with van der Waals surface area (Å²) in [5, 5.41) is 12.2. The summed E-state index contributed by atoms with van der Waals surface area (Å²) < 4.78 is 0. The minimum atomic E-state index is -0.336. The topological polar surface area (TPSA) is 32.3 Å². The second-order valence-electron chi connectivity index (χ2n) is 5.03. The molecule has 0 unspecified atom stereocenters. The molecule has 2 fully saturated rings. The van der Waals surface area contributed by atoms with Gasteiger partial charge in [0.15, 0.2) is 0 Å². The van der Waals surface area contributed by atoms with Gasteiger partial charge in [-0.1, -0.05) is 0 Å². The molecule has 2 rings (SSSR count). The Morgan fingerprint density at radius 3 is 2.38 bits per heavy atom. The van der Waals surface area contributed by atoms with Gasteiger partial charge in [-0.25, -0.2) is 0 Å². The molecule has 0 aliphatic heterocycles. The van der Waals surface area contributed by atoms with Gasteiger partial charge in [-0.2, -0.15) is 0 Å². The predicted molar refractivity (Wildman–Crippen MR) is 55.5 cm³/mol. The molecule has 0 bridgehead atoms. The molecule has 0 saturated heterocycles. The average Bonchev–Trinajstić information content (AvgIpc) is 2.85. The van der Waals surface area contributed by atoms with Crippen molar-refractivity contribution in [1.82, 2.24) is 5.23 Å². The Morgan fingerprint density at radius 2 is 1.92 bits per heavy atom. The predicted octanol–water partition coefficient (Wildman–Crippen LogP) is 1.66.